The van der Waals surface area contributed by atoms with Crippen LogP contribution < -0.4 is 20.7 Å². The molecule has 1 aromatic carbocycles. The van der Waals surface area contributed by atoms with Gasteiger partial charge in [-0.3, -0.25) is 9.58 Å². The maximum Gasteiger partial charge on any atom is 0.413 e. The van der Waals surface area contributed by atoms with E-state index in [-0.39, 0.29) is 17.1 Å². The molecule has 5 rings (SSSR count). The second-order valence-electron chi connectivity index (χ2n) is 8.44. The van der Waals surface area contributed by atoms with E-state index in [0.717, 1.165) is 10.5 Å². The minimum atomic E-state index is -1.18. The third-order valence-corrected chi connectivity index (χ3v) is 6.27. The number of hydrogen-bond acceptors (Lipinski definition) is 7. The van der Waals surface area contributed by atoms with Gasteiger partial charge in [0.1, 0.15) is 18.1 Å². The van der Waals surface area contributed by atoms with Crippen LogP contribution in [0.5, 0.6) is 5.88 Å². The smallest absolute Gasteiger partial charge is 0.413 e. The fourth-order valence-electron chi connectivity index (χ4n) is 4.37. The molecule has 0 saturated heterocycles. The number of carboxylic acid groups (broad SMARTS) is 1. The van der Waals surface area contributed by atoms with Crippen LogP contribution in [0.25, 0.3) is 21.9 Å². The summed E-state index contributed by atoms with van der Waals surface area (Å²) in [5, 5.41) is 18.3. The third kappa shape index (κ3) is 3.74. The van der Waals surface area contributed by atoms with Crippen LogP contribution in [0, 0.1) is 12.7 Å². The maximum absolute atomic E-state index is 15.4. The molecule has 11 heteroatoms. The molecule has 1 atom stereocenters. The van der Waals surface area contributed by atoms with Crippen molar-refractivity contribution in [1.29, 1.82) is 0 Å². The van der Waals surface area contributed by atoms with Gasteiger partial charge in [0, 0.05) is 54.3 Å². The van der Waals surface area contributed by atoms with Gasteiger partial charge >= 0.3 is 6.09 Å². The van der Waals surface area contributed by atoms with Crippen LogP contribution in [0.15, 0.2) is 36.9 Å². The molecule has 180 valence electrons. The van der Waals surface area contributed by atoms with E-state index in [1.165, 1.54) is 6.20 Å². The van der Waals surface area contributed by atoms with Gasteiger partial charge in [-0.2, -0.15) is 5.10 Å². The number of hydrogen-bond donors (Lipinski definition) is 3. The lowest BCUT2D eigenvalue weighted by Crippen LogP contribution is -2.32. The molecule has 0 fully saturated rings. The summed E-state index contributed by atoms with van der Waals surface area (Å²) in [6, 6.07) is 2.68. The summed E-state index contributed by atoms with van der Waals surface area (Å²) in [5.74, 6) is 0.0701. The van der Waals surface area contributed by atoms with Gasteiger partial charge < -0.3 is 20.9 Å². The molecule has 0 spiro atoms. The predicted octanol–water partition coefficient (Wildman–Crippen LogP) is 4.11. The number of benzene rings is 1. The molecule has 4 aromatic rings. The number of nitrogens with one attached hydrogen (secondary N) is 1. The second-order valence-corrected chi connectivity index (χ2v) is 8.44. The molecule has 1 amide bonds. The largest absolute Gasteiger partial charge is 0.474 e. The lowest BCUT2D eigenvalue weighted by molar-refractivity contribution is 0.199. The number of carbonyl (C=O) groups is 1. The summed E-state index contributed by atoms with van der Waals surface area (Å²) in [4.78, 5) is 22.0. The molecule has 4 N–H and O–H groups in total. The van der Waals surface area contributed by atoms with Crippen LogP contribution >= 0.6 is 0 Å². The van der Waals surface area contributed by atoms with Gasteiger partial charge in [0.05, 0.1) is 17.9 Å². The lowest BCUT2D eigenvalue weighted by atomic mass is 9.97. The van der Waals surface area contributed by atoms with Gasteiger partial charge in [0.15, 0.2) is 5.82 Å². The van der Waals surface area contributed by atoms with Crippen molar-refractivity contribution in [3.63, 3.8) is 0 Å². The Labute approximate surface area is 200 Å². The van der Waals surface area contributed by atoms with Gasteiger partial charge in [0.2, 0.25) is 5.88 Å². The number of nitrogens with zero attached hydrogens (tertiary/aromatic N) is 5. The Morgan fingerprint density at radius 2 is 2.09 bits per heavy atom. The number of fused-ring (bicyclic) bond motifs is 2. The highest BCUT2D eigenvalue weighted by molar-refractivity contribution is 5.99. The first kappa shape index (κ1) is 22.4. The van der Waals surface area contributed by atoms with E-state index in [0.29, 0.717) is 46.6 Å². The third-order valence-electron chi connectivity index (χ3n) is 6.27. The van der Waals surface area contributed by atoms with E-state index in [9.17, 15) is 9.90 Å². The highest BCUT2D eigenvalue weighted by Crippen LogP contribution is 2.40. The summed E-state index contributed by atoms with van der Waals surface area (Å²) in [6.45, 7) is 4.73. The fourth-order valence-corrected chi connectivity index (χ4v) is 4.37. The van der Waals surface area contributed by atoms with Gasteiger partial charge in [-0.05, 0) is 36.9 Å². The summed E-state index contributed by atoms with van der Waals surface area (Å²) in [5.41, 5.74) is 9.12. The van der Waals surface area contributed by atoms with Crippen LogP contribution in [0.2, 0.25) is 0 Å². The monoisotopic (exact) mass is 477 g/mol. The van der Waals surface area contributed by atoms with Crippen LogP contribution in [0.4, 0.5) is 26.4 Å². The Bertz CT molecular complexity index is 1470. The summed E-state index contributed by atoms with van der Waals surface area (Å²) in [6.07, 6.45) is 5.13. The summed E-state index contributed by atoms with van der Waals surface area (Å²) in [7, 11) is 1.76. The van der Waals surface area contributed by atoms with Gasteiger partial charge in [0.25, 0.3) is 0 Å². The van der Waals surface area contributed by atoms with Gasteiger partial charge in [-0.25, -0.2) is 19.2 Å². The van der Waals surface area contributed by atoms with E-state index < -0.39 is 18.0 Å². The maximum atomic E-state index is 15.4. The Morgan fingerprint density at radius 3 is 2.80 bits per heavy atom. The molecule has 4 heterocycles. The lowest BCUT2D eigenvalue weighted by Gasteiger charge is -2.25. The van der Waals surface area contributed by atoms with Gasteiger partial charge in [-0.15, -0.1) is 0 Å². The Morgan fingerprint density at radius 1 is 1.29 bits per heavy atom. The van der Waals surface area contributed by atoms with Crippen molar-refractivity contribution < 1.29 is 19.0 Å². The SMILES string of the molecule is Cc1c(-c2cc3cc(N(C(=O)O)C(C)c4cnn(C)c4)ncc3c(N)c2F)cnc2c1NCCO2. The second kappa shape index (κ2) is 8.42. The number of rotatable bonds is 4. The molecule has 0 bridgehead atoms. The van der Waals surface area contributed by atoms with Crippen LogP contribution in [0.1, 0.15) is 24.1 Å². The van der Waals surface area contributed by atoms with E-state index in [1.807, 2.05) is 6.92 Å². The number of aryl methyl sites for hydroxylation is 1. The first-order valence-electron chi connectivity index (χ1n) is 11.0. The topological polar surface area (TPSA) is 131 Å². The number of nitrogen functional groups attached to an aromatic ring is 1. The molecule has 0 saturated carbocycles. The Hall–Kier alpha value is -4.41. The van der Waals surface area contributed by atoms with E-state index >= 15 is 4.39 Å². The number of halogens is 1. The normalized spacial score (nSPS) is 13.6. The first-order valence-corrected chi connectivity index (χ1v) is 11.0. The quantitative estimate of drug-likeness (QED) is 0.374. The Balaban J connectivity index is 1.64. The Kier molecular flexibility index (Phi) is 5.39. The van der Waals surface area contributed by atoms with Crippen molar-refractivity contribution in [2.75, 3.05) is 29.1 Å². The van der Waals surface area contributed by atoms with Crippen molar-refractivity contribution in [2.45, 2.75) is 19.9 Å². The number of nitrogens with two attached hydrogens (primary N) is 1. The van der Waals surface area contributed by atoms with Crippen molar-refractivity contribution in [3.8, 4) is 17.0 Å². The minimum absolute atomic E-state index is 0.0694. The van der Waals surface area contributed by atoms with Crippen molar-refractivity contribution in [3.05, 3.63) is 53.9 Å². The highest BCUT2D eigenvalue weighted by Gasteiger charge is 2.26. The van der Waals surface area contributed by atoms with E-state index in [4.69, 9.17) is 10.5 Å². The zero-order valence-corrected chi connectivity index (χ0v) is 19.4. The molecule has 3 aromatic heterocycles. The number of aromatic nitrogens is 4. The molecule has 0 aliphatic carbocycles. The van der Waals surface area contributed by atoms with Crippen LogP contribution in [-0.2, 0) is 7.05 Å². The van der Waals surface area contributed by atoms with E-state index in [1.54, 1.807) is 49.4 Å². The highest BCUT2D eigenvalue weighted by atomic mass is 19.1. The molecular formula is C24H24FN7O3. The zero-order chi connectivity index (χ0) is 24.9. The van der Waals surface area contributed by atoms with Crippen molar-refractivity contribution in [2.24, 2.45) is 7.05 Å². The average Bonchev–Trinajstić information content (AvgIpc) is 3.28. The van der Waals surface area contributed by atoms with Gasteiger partial charge in [-0.1, -0.05) is 0 Å². The van der Waals surface area contributed by atoms with Crippen molar-refractivity contribution in [1.82, 2.24) is 19.7 Å². The molecule has 10 nitrogen and oxygen atoms in total. The number of pyridine rings is 2. The van der Waals surface area contributed by atoms with Crippen LogP contribution in [0.3, 0.4) is 0 Å². The predicted molar refractivity (Wildman–Crippen MR) is 130 cm³/mol. The molecule has 1 aliphatic heterocycles. The van der Waals surface area contributed by atoms with Crippen LogP contribution in [-0.4, -0.2) is 44.1 Å². The molecule has 1 unspecified atom stereocenters. The van der Waals surface area contributed by atoms with E-state index in [2.05, 4.69) is 20.4 Å². The zero-order valence-electron chi connectivity index (χ0n) is 19.4. The number of anilines is 3. The van der Waals surface area contributed by atoms with Crippen molar-refractivity contribution >= 4 is 34.1 Å². The number of ether oxygens (including phenoxy) is 1. The molecule has 0 radical (unpaired) electrons. The minimum Gasteiger partial charge on any atom is -0.474 e. The standard InChI is InChI=1S/C24H24FN7O3/c1-12-17(9-29-23-22(12)27-4-5-35-23)16-6-14-7-19(28-10-18(14)21(26)20(16)25)32(24(33)34)13(2)15-8-30-31(3)11-15/h6-11,13,27H,4-5,26H2,1-3H3,(H,33,34). The molecular weight excluding hydrogens is 453 g/mol. The average molecular weight is 478 g/mol. The number of amides is 1. The molecule has 35 heavy (non-hydrogen) atoms. The summed E-state index contributed by atoms with van der Waals surface area (Å²) >= 11 is 0. The fraction of sp³-hybridized carbons (Fsp3) is 0.250. The summed E-state index contributed by atoms with van der Waals surface area (Å²) < 4.78 is 22.6. The molecule has 1 aliphatic rings. The first-order chi connectivity index (χ1) is 16.8.